The highest BCUT2D eigenvalue weighted by molar-refractivity contribution is 8.01. The molecule has 6 heteroatoms. The summed E-state index contributed by atoms with van der Waals surface area (Å²) in [6, 6.07) is 7.27. The van der Waals surface area contributed by atoms with Crippen LogP contribution in [0.15, 0.2) is 18.2 Å². The lowest BCUT2D eigenvalue weighted by Crippen LogP contribution is -2.21. The lowest BCUT2D eigenvalue weighted by atomic mass is 9.95. The minimum Gasteiger partial charge on any atom is -0.490 e. The first-order chi connectivity index (χ1) is 9.10. The van der Waals surface area contributed by atoms with Crippen LogP contribution in [0.4, 0.5) is 5.69 Å². The molecule has 0 radical (unpaired) electrons. The number of nitriles is 1. The van der Waals surface area contributed by atoms with E-state index in [1.165, 1.54) is 13.2 Å². The van der Waals surface area contributed by atoms with E-state index in [2.05, 4.69) is 6.07 Å². The van der Waals surface area contributed by atoms with E-state index in [1.807, 2.05) is 0 Å². The highest BCUT2D eigenvalue weighted by atomic mass is 32.2. The number of methoxy groups -OCH3 is 1. The van der Waals surface area contributed by atoms with Crippen molar-refractivity contribution >= 4 is 17.4 Å². The van der Waals surface area contributed by atoms with Crippen LogP contribution in [0, 0.1) is 21.4 Å². The Labute approximate surface area is 115 Å². The minimum absolute atomic E-state index is 0.0453. The predicted octanol–water partition coefficient (Wildman–Crippen LogP) is 2.94. The first kappa shape index (κ1) is 13.7. The van der Waals surface area contributed by atoms with Crippen molar-refractivity contribution in [3.8, 4) is 11.8 Å². The smallest absolute Gasteiger partial charge is 0.311 e. The molecule has 2 rings (SSSR count). The maximum atomic E-state index is 11.0. The fourth-order valence-electron chi connectivity index (χ4n) is 2.28. The Balaban J connectivity index is 2.29. The van der Waals surface area contributed by atoms with Gasteiger partial charge in [0.05, 0.1) is 18.1 Å². The van der Waals surface area contributed by atoms with E-state index in [1.54, 1.807) is 23.9 Å². The fourth-order valence-corrected chi connectivity index (χ4v) is 3.58. The van der Waals surface area contributed by atoms with Crippen LogP contribution >= 0.6 is 11.8 Å². The van der Waals surface area contributed by atoms with Gasteiger partial charge in [0.25, 0.3) is 0 Å². The van der Waals surface area contributed by atoms with Crippen molar-refractivity contribution in [3.63, 3.8) is 0 Å². The zero-order chi connectivity index (χ0) is 13.9. The molecule has 1 saturated heterocycles. The number of nitro benzene ring substituents is 1. The van der Waals surface area contributed by atoms with Crippen LogP contribution < -0.4 is 4.74 Å². The van der Waals surface area contributed by atoms with E-state index in [9.17, 15) is 15.4 Å². The molecule has 1 aliphatic rings. The Kier molecular flexibility index (Phi) is 3.96. The van der Waals surface area contributed by atoms with Crippen LogP contribution in [0.25, 0.3) is 0 Å². The van der Waals surface area contributed by atoms with Gasteiger partial charge in [-0.2, -0.15) is 5.26 Å². The van der Waals surface area contributed by atoms with Gasteiger partial charge in [0.1, 0.15) is 4.75 Å². The van der Waals surface area contributed by atoms with Crippen molar-refractivity contribution < 1.29 is 9.66 Å². The quantitative estimate of drug-likeness (QED) is 0.625. The second-order valence-corrected chi connectivity index (χ2v) is 5.98. The number of nitrogens with zero attached hydrogens (tertiary/aromatic N) is 2. The molecule has 1 aliphatic heterocycles. The van der Waals surface area contributed by atoms with Crippen LogP contribution in [0.1, 0.15) is 18.4 Å². The molecule has 100 valence electrons. The van der Waals surface area contributed by atoms with E-state index in [0.717, 1.165) is 24.2 Å². The lowest BCUT2D eigenvalue weighted by Gasteiger charge is -2.19. The maximum absolute atomic E-state index is 11.0. The van der Waals surface area contributed by atoms with E-state index >= 15 is 0 Å². The number of hydrogen-bond donors (Lipinski definition) is 0. The van der Waals surface area contributed by atoms with Gasteiger partial charge < -0.3 is 4.74 Å². The molecule has 0 aliphatic carbocycles. The summed E-state index contributed by atoms with van der Waals surface area (Å²) in [5.41, 5.74) is 0.763. The summed E-state index contributed by atoms with van der Waals surface area (Å²) in [7, 11) is 1.41. The monoisotopic (exact) mass is 278 g/mol. The number of nitro groups is 1. The molecular weight excluding hydrogens is 264 g/mol. The van der Waals surface area contributed by atoms with E-state index in [0.29, 0.717) is 6.42 Å². The second-order valence-electron chi connectivity index (χ2n) is 4.50. The van der Waals surface area contributed by atoms with Crippen LogP contribution in [0.3, 0.4) is 0 Å². The van der Waals surface area contributed by atoms with Gasteiger partial charge in [-0.25, -0.2) is 0 Å². The normalized spacial score (nSPS) is 21.9. The number of ether oxygens (including phenoxy) is 1. The summed E-state index contributed by atoms with van der Waals surface area (Å²) < 4.78 is 4.54. The minimum atomic E-state index is -0.455. The third kappa shape index (κ3) is 2.82. The van der Waals surface area contributed by atoms with Gasteiger partial charge in [-0.3, -0.25) is 10.1 Å². The zero-order valence-corrected chi connectivity index (χ0v) is 11.4. The molecule has 1 aromatic rings. The highest BCUT2D eigenvalue weighted by Gasteiger charge is 2.35. The Morgan fingerprint density at radius 2 is 2.42 bits per heavy atom. The van der Waals surface area contributed by atoms with Crippen molar-refractivity contribution in [1.82, 2.24) is 0 Å². The molecule has 1 aromatic carbocycles. The Hall–Kier alpha value is -1.74. The van der Waals surface area contributed by atoms with Crippen molar-refractivity contribution in [3.05, 3.63) is 33.9 Å². The van der Waals surface area contributed by atoms with Gasteiger partial charge in [-0.05, 0) is 30.2 Å². The number of thioether (sulfide) groups is 1. The summed E-state index contributed by atoms with van der Waals surface area (Å²) in [5.74, 6) is 1.23. The maximum Gasteiger partial charge on any atom is 0.311 e. The number of rotatable bonds is 4. The Morgan fingerprint density at radius 3 is 2.95 bits per heavy atom. The average Bonchev–Trinajstić information content (AvgIpc) is 2.87. The average molecular weight is 278 g/mol. The van der Waals surface area contributed by atoms with Gasteiger partial charge in [0.2, 0.25) is 0 Å². The molecular formula is C13H14N2O3S. The summed E-state index contributed by atoms with van der Waals surface area (Å²) in [4.78, 5) is 10.5. The van der Waals surface area contributed by atoms with Crippen molar-refractivity contribution in [2.24, 2.45) is 0 Å². The van der Waals surface area contributed by atoms with Crippen LogP contribution in [0.5, 0.6) is 5.75 Å². The molecule has 1 atom stereocenters. The van der Waals surface area contributed by atoms with Crippen LogP contribution in [-0.2, 0) is 6.42 Å². The van der Waals surface area contributed by atoms with Crippen molar-refractivity contribution in [2.75, 3.05) is 12.9 Å². The van der Waals surface area contributed by atoms with Gasteiger partial charge in [0, 0.05) is 12.5 Å². The zero-order valence-electron chi connectivity index (χ0n) is 10.6. The van der Waals surface area contributed by atoms with E-state index in [-0.39, 0.29) is 11.4 Å². The Bertz CT molecular complexity index is 533. The fraction of sp³-hybridized carbons (Fsp3) is 0.462. The molecule has 0 saturated carbocycles. The topological polar surface area (TPSA) is 76.2 Å². The highest BCUT2D eigenvalue weighted by Crippen LogP contribution is 2.41. The summed E-state index contributed by atoms with van der Waals surface area (Å²) >= 11 is 1.65. The second kappa shape index (κ2) is 5.49. The number of benzene rings is 1. The first-order valence-electron chi connectivity index (χ1n) is 5.97. The molecule has 0 aromatic heterocycles. The van der Waals surface area contributed by atoms with Crippen molar-refractivity contribution in [2.45, 2.75) is 24.0 Å². The van der Waals surface area contributed by atoms with Crippen LogP contribution in [-0.4, -0.2) is 22.5 Å². The molecule has 1 fully saturated rings. The van der Waals surface area contributed by atoms with Crippen molar-refractivity contribution in [1.29, 1.82) is 5.26 Å². The van der Waals surface area contributed by atoms with E-state index in [4.69, 9.17) is 4.74 Å². The summed E-state index contributed by atoms with van der Waals surface area (Å²) in [5, 5.41) is 20.3. The van der Waals surface area contributed by atoms with Crippen LogP contribution in [0.2, 0.25) is 0 Å². The molecule has 5 nitrogen and oxygen atoms in total. The van der Waals surface area contributed by atoms with Gasteiger partial charge in [-0.15, -0.1) is 11.8 Å². The van der Waals surface area contributed by atoms with Gasteiger partial charge in [-0.1, -0.05) is 6.07 Å². The standard InChI is InChI=1S/C13H14N2O3S/c1-18-12-4-3-10(7-11(12)15(16)17)8-13(9-14)5-2-6-19-13/h3-4,7H,2,5-6,8H2,1H3. The third-order valence-electron chi connectivity index (χ3n) is 3.24. The third-order valence-corrected chi connectivity index (χ3v) is 4.72. The SMILES string of the molecule is COc1ccc(CC2(C#N)CCCS2)cc1[N+](=O)[O-]. The molecule has 1 unspecified atom stereocenters. The van der Waals surface area contributed by atoms with E-state index < -0.39 is 9.67 Å². The molecule has 0 amide bonds. The predicted molar refractivity (Wildman–Crippen MR) is 73.4 cm³/mol. The van der Waals surface area contributed by atoms with Gasteiger partial charge in [0.15, 0.2) is 5.75 Å². The molecule has 0 bridgehead atoms. The molecule has 1 heterocycles. The molecule has 19 heavy (non-hydrogen) atoms. The lowest BCUT2D eigenvalue weighted by molar-refractivity contribution is -0.385. The Morgan fingerprint density at radius 1 is 1.63 bits per heavy atom. The number of hydrogen-bond acceptors (Lipinski definition) is 5. The largest absolute Gasteiger partial charge is 0.490 e. The molecule has 0 spiro atoms. The summed E-state index contributed by atoms with van der Waals surface area (Å²) in [6.07, 6.45) is 2.41. The van der Waals surface area contributed by atoms with Gasteiger partial charge >= 0.3 is 5.69 Å². The summed E-state index contributed by atoms with van der Waals surface area (Å²) in [6.45, 7) is 0. The first-order valence-corrected chi connectivity index (χ1v) is 6.95. The molecule has 0 N–H and O–H groups in total.